The number of anilines is 1. The minimum atomic E-state index is -0.991. The molecule has 0 heterocycles. The Hall–Kier alpha value is -3.57. The summed E-state index contributed by atoms with van der Waals surface area (Å²) in [5, 5.41) is 19.0. The number of halogens is 2. The van der Waals surface area contributed by atoms with E-state index in [-0.39, 0.29) is 51.8 Å². The van der Waals surface area contributed by atoms with Gasteiger partial charge >= 0.3 is 6.09 Å². The van der Waals surface area contributed by atoms with Crippen LogP contribution in [0.4, 0.5) is 16.2 Å². The number of rotatable bonds is 10. The molecule has 0 radical (unpaired) electrons. The van der Waals surface area contributed by atoms with Gasteiger partial charge in [0.1, 0.15) is 24.0 Å². The van der Waals surface area contributed by atoms with Crippen LogP contribution in [0, 0.1) is 16.0 Å². The molecule has 0 saturated heterocycles. The van der Waals surface area contributed by atoms with Crippen LogP contribution in [-0.2, 0) is 9.53 Å². The van der Waals surface area contributed by atoms with E-state index in [1.54, 1.807) is 34.6 Å². The second-order valence-electron chi connectivity index (χ2n) is 9.52. The van der Waals surface area contributed by atoms with Gasteiger partial charge in [0.05, 0.1) is 27.7 Å². The van der Waals surface area contributed by atoms with Gasteiger partial charge in [0.15, 0.2) is 0 Å². The highest BCUT2D eigenvalue weighted by Gasteiger charge is 2.27. The normalized spacial score (nSPS) is 11.9. The molecule has 1 atom stereocenters. The first kappa shape index (κ1) is 30.7. The monoisotopic (exact) mass is 568 g/mol. The number of amides is 3. The molecule has 0 aliphatic heterocycles. The predicted molar refractivity (Wildman–Crippen MR) is 144 cm³/mol. The van der Waals surface area contributed by atoms with Crippen molar-refractivity contribution in [3.63, 3.8) is 0 Å². The quantitative estimate of drug-likeness (QED) is 0.202. The predicted octanol–water partition coefficient (Wildman–Crippen LogP) is 5.20. The summed E-state index contributed by atoms with van der Waals surface area (Å²) in [4.78, 5) is 48.3. The zero-order valence-electron chi connectivity index (χ0n) is 21.6. The fourth-order valence-corrected chi connectivity index (χ4v) is 3.51. The third-order valence-electron chi connectivity index (χ3n) is 4.87. The Kier molecular flexibility index (Phi) is 10.7. The van der Waals surface area contributed by atoms with Crippen LogP contribution in [0.2, 0.25) is 10.0 Å². The zero-order chi connectivity index (χ0) is 28.6. The maximum Gasteiger partial charge on any atom is 0.407 e. The van der Waals surface area contributed by atoms with Crippen LogP contribution in [0.25, 0.3) is 0 Å². The van der Waals surface area contributed by atoms with Crippen molar-refractivity contribution in [3.8, 4) is 5.75 Å². The van der Waals surface area contributed by atoms with Gasteiger partial charge in [-0.1, -0.05) is 37.0 Å². The highest BCUT2D eigenvalue weighted by atomic mass is 35.5. The molecule has 2 aromatic carbocycles. The molecule has 2 aromatic rings. The highest BCUT2D eigenvalue weighted by Crippen LogP contribution is 2.27. The lowest BCUT2D eigenvalue weighted by atomic mass is 10.0. The van der Waals surface area contributed by atoms with Crippen molar-refractivity contribution in [1.29, 1.82) is 0 Å². The smallest absolute Gasteiger partial charge is 0.407 e. The van der Waals surface area contributed by atoms with Gasteiger partial charge in [0.2, 0.25) is 5.91 Å². The molecular weight excluding hydrogens is 539 g/mol. The number of ether oxygens (including phenoxy) is 2. The molecule has 0 fully saturated rings. The van der Waals surface area contributed by atoms with Crippen LogP contribution in [0.15, 0.2) is 36.4 Å². The number of carbonyl (C=O) groups is 3. The van der Waals surface area contributed by atoms with Gasteiger partial charge in [-0.3, -0.25) is 19.7 Å². The summed E-state index contributed by atoms with van der Waals surface area (Å²) in [5.74, 6) is -1.34. The fourth-order valence-electron chi connectivity index (χ4n) is 3.12. The summed E-state index contributed by atoms with van der Waals surface area (Å²) in [7, 11) is 0. The molecule has 0 aromatic heterocycles. The minimum Gasteiger partial charge on any atom is -0.491 e. The number of hydrogen-bond donors (Lipinski definition) is 3. The van der Waals surface area contributed by atoms with E-state index in [4.69, 9.17) is 32.7 Å². The number of alkyl carbamates (subject to hydrolysis) is 1. The van der Waals surface area contributed by atoms with E-state index in [1.807, 2.05) is 0 Å². The van der Waals surface area contributed by atoms with Crippen LogP contribution < -0.4 is 20.7 Å². The summed E-state index contributed by atoms with van der Waals surface area (Å²) in [6, 6.07) is 7.09. The molecule has 13 heteroatoms. The molecule has 3 amide bonds. The first-order valence-electron chi connectivity index (χ1n) is 11.6. The molecule has 0 unspecified atom stereocenters. The Morgan fingerprint density at radius 3 is 2.34 bits per heavy atom. The molecule has 38 heavy (non-hydrogen) atoms. The molecule has 0 spiro atoms. The fraction of sp³-hybridized carbons (Fsp3) is 0.400. The summed E-state index contributed by atoms with van der Waals surface area (Å²) < 4.78 is 10.8. The first-order chi connectivity index (χ1) is 17.7. The van der Waals surface area contributed by atoms with Crippen molar-refractivity contribution in [3.05, 3.63) is 62.1 Å². The van der Waals surface area contributed by atoms with Crippen LogP contribution in [-0.4, -0.2) is 47.6 Å². The molecule has 11 nitrogen and oxygen atoms in total. The second-order valence-corrected chi connectivity index (χ2v) is 10.4. The summed E-state index contributed by atoms with van der Waals surface area (Å²) in [5.41, 5.74) is -0.625. The van der Waals surface area contributed by atoms with Crippen LogP contribution >= 0.6 is 23.2 Å². The van der Waals surface area contributed by atoms with E-state index < -0.39 is 34.5 Å². The van der Waals surface area contributed by atoms with E-state index in [2.05, 4.69) is 16.0 Å². The number of non-ortho nitro benzene ring substituents is 1. The third kappa shape index (κ3) is 9.38. The first-order valence-corrected chi connectivity index (χ1v) is 12.4. The van der Waals surface area contributed by atoms with Crippen molar-refractivity contribution >= 4 is 52.5 Å². The molecule has 0 saturated carbocycles. The van der Waals surface area contributed by atoms with Crippen molar-refractivity contribution in [2.75, 3.05) is 18.5 Å². The van der Waals surface area contributed by atoms with Crippen molar-refractivity contribution < 1.29 is 28.8 Å². The highest BCUT2D eigenvalue weighted by molar-refractivity contribution is 6.34. The lowest BCUT2D eigenvalue weighted by Gasteiger charge is -2.23. The van der Waals surface area contributed by atoms with Crippen LogP contribution in [0.3, 0.4) is 0 Å². The third-order valence-corrected chi connectivity index (χ3v) is 5.42. The average molecular weight is 569 g/mol. The molecule has 0 aliphatic rings. The van der Waals surface area contributed by atoms with Gasteiger partial charge in [-0.05, 0) is 51.0 Å². The lowest BCUT2D eigenvalue weighted by molar-refractivity contribution is -0.384. The van der Waals surface area contributed by atoms with Gasteiger partial charge < -0.3 is 25.4 Å². The minimum absolute atomic E-state index is 0.0214. The van der Waals surface area contributed by atoms with Crippen molar-refractivity contribution in [2.24, 2.45) is 5.92 Å². The van der Waals surface area contributed by atoms with Crippen LogP contribution in [0.1, 0.15) is 45.0 Å². The lowest BCUT2D eigenvalue weighted by Crippen LogP contribution is -2.47. The molecule has 0 bridgehead atoms. The Morgan fingerprint density at radius 1 is 1.08 bits per heavy atom. The molecule has 2 rings (SSSR count). The van der Waals surface area contributed by atoms with Crippen molar-refractivity contribution in [2.45, 2.75) is 46.3 Å². The number of hydrogen-bond acceptors (Lipinski definition) is 7. The summed E-state index contributed by atoms with van der Waals surface area (Å²) in [6.45, 7) is 8.85. The van der Waals surface area contributed by atoms with Gasteiger partial charge in [0, 0.05) is 17.2 Å². The molecular formula is C25H30Cl2N4O7. The second kappa shape index (κ2) is 13.3. The van der Waals surface area contributed by atoms with E-state index >= 15 is 0 Å². The maximum atomic E-state index is 13.2. The summed E-state index contributed by atoms with van der Waals surface area (Å²) >= 11 is 12.2. The number of nitrogens with zero attached hydrogens (tertiary/aromatic N) is 1. The van der Waals surface area contributed by atoms with Gasteiger partial charge in [0.25, 0.3) is 11.6 Å². The summed E-state index contributed by atoms with van der Waals surface area (Å²) in [6.07, 6.45) is -0.603. The number of nitrogens with one attached hydrogen (secondary N) is 3. The topological polar surface area (TPSA) is 149 Å². The Labute approximate surface area is 230 Å². The molecule has 3 N–H and O–H groups in total. The maximum absolute atomic E-state index is 13.2. The molecule has 206 valence electrons. The van der Waals surface area contributed by atoms with Crippen LogP contribution in [0.5, 0.6) is 5.75 Å². The van der Waals surface area contributed by atoms with Gasteiger partial charge in [-0.2, -0.15) is 0 Å². The van der Waals surface area contributed by atoms with E-state index in [0.717, 1.165) is 6.07 Å². The number of carbonyl (C=O) groups excluding carboxylic acids is 3. The number of nitro benzene ring substituents is 1. The van der Waals surface area contributed by atoms with Gasteiger partial charge in [-0.15, -0.1) is 0 Å². The Bertz CT molecular complexity index is 1200. The van der Waals surface area contributed by atoms with Gasteiger partial charge in [-0.25, -0.2) is 4.79 Å². The van der Waals surface area contributed by atoms with E-state index in [1.165, 1.54) is 30.3 Å². The SMILES string of the molecule is CC(C)[C@H](NC(=O)c1cc(Cl)ccc1OCCNC(=O)OC(C)(C)C)C(=O)Nc1ccc([N+](=O)[O-])cc1Cl. The zero-order valence-corrected chi connectivity index (χ0v) is 23.1. The number of benzene rings is 2. The van der Waals surface area contributed by atoms with Crippen molar-refractivity contribution in [1.82, 2.24) is 10.6 Å². The average Bonchev–Trinajstić information content (AvgIpc) is 2.80. The van der Waals surface area contributed by atoms with E-state index in [0.29, 0.717) is 0 Å². The molecule has 0 aliphatic carbocycles. The standard InChI is InChI=1S/C25H30Cl2N4O7/c1-14(2)21(23(33)29-19-8-7-16(31(35)36)13-18(19)27)30-22(32)17-12-15(26)6-9-20(17)37-11-10-28-24(34)38-25(3,4)5/h6-9,12-14,21H,10-11H2,1-5H3,(H,28,34)(H,29,33)(H,30,32)/t21-/m0/s1. The Balaban J connectivity index is 2.10. The van der Waals surface area contributed by atoms with E-state index in [9.17, 15) is 24.5 Å². The largest absolute Gasteiger partial charge is 0.491 e. The number of nitro groups is 1. The Morgan fingerprint density at radius 2 is 1.76 bits per heavy atom.